The quantitative estimate of drug-likeness (QED) is 0.679. The lowest BCUT2D eigenvalue weighted by molar-refractivity contribution is -0.130. The van der Waals surface area contributed by atoms with Crippen LogP contribution in [0.2, 0.25) is 0 Å². The SMILES string of the molecule is C=C/C(=C\CCC)N1CCN(C(C)=O)CC1. The van der Waals surface area contributed by atoms with E-state index in [4.69, 9.17) is 0 Å². The maximum atomic E-state index is 11.2. The van der Waals surface area contributed by atoms with Crippen LogP contribution >= 0.6 is 0 Å². The third kappa shape index (κ3) is 3.40. The van der Waals surface area contributed by atoms with Crippen molar-refractivity contribution in [1.29, 1.82) is 0 Å². The molecule has 0 aromatic rings. The summed E-state index contributed by atoms with van der Waals surface area (Å²) >= 11 is 0. The molecule has 1 rings (SSSR count). The molecule has 1 fully saturated rings. The van der Waals surface area contributed by atoms with Crippen molar-refractivity contribution < 1.29 is 4.79 Å². The Kier molecular flexibility index (Phi) is 5.09. The maximum Gasteiger partial charge on any atom is 0.219 e. The summed E-state index contributed by atoms with van der Waals surface area (Å²) in [7, 11) is 0. The Hall–Kier alpha value is -1.25. The van der Waals surface area contributed by atoms with Crippen LogP contribution in [0.5, 0.6) is 0 Å². The first-order chi connectivity index (χ1) is 7.69. The number of carbonyl (C=O) groups excluding carboxylic acids is 1. The average Bonchev–Trinajstić information content (AvgIpc) is 2.30. The first kappa shape index (κ1) is 12.8. The molecule has 0 aromatic carbocycles. The summed E-state index contributed by atoms with van der Waals surface area (Å²) < 4.78 is 0. The Morgan fingerprint density at radius 1 is 1.25 bits per heavy atom. The van der Waals surface area contributed by atoms with E-state index >= 15 is 0 Å². The van der Waals surface area contributed by atoms with Gasteiger partial charge in [-0.3, -0.25) is 4.79 Å². The molecule has 1 saturated heterocycles. The number of piperazine rings is 1. The lowest BCUT2D eigenvalue weighted by atomic mass is 10.2. The Balaban J connectivity index is 2.51. The Morgan fingerprint density at radius 3 is 2.25 bits per heavy atom. The van der Waals surface area contributed by atoms with Gasteiger partial charge in [0.15, 0.2) is 0 Å². The molecule has 1 amide bonds. The van der Waals surface area contributed by atoms with Crippen molar-refractivity contribution in [1.82, 2.24) is 9.80 Å². The lowest BCUT2D eigenvalue weighted by Gasteiger charge is -2.36. The summed E-state index contributed by atoms with van der Waals surface area (Å²) in [5, 5.41) is 0. The fourth-order valence-corrected chi connectivity index (χ4v) is 1.91. The molecule has 0 N–H and O–H groups in total. The third-order valence-corrected chi connectivity index (χ3v) is 2.94. The summed E-state index contributed by atoms with van der Waals surface area (Å²) in [6, 6.07) is 0. The maximum absolute atomic E-state index is 11.2. The zero-order valence-corrected chi connectivity index (χ0v) is 10.4. The first-order valence-corrected chi connectivity index (χ1v) is 6.02. The van der Waals surface area contributed by atoms with Crippen molar-refractivity contribution in [2.75, 3.05) is 26.2 Å². The van der Waals surface area contributed by atoms with E-state index in [9.17, 15) is 4.79 Å². The molecule has 0 spiro atoms. The summed E-state index contributed by atoms with van der Waals surface area (Å²) in [6.45, 7) is 11.1. The molecule has 1 heterocycles. The number of rotatable bonds is 4. The fourth-order valence-electron chi connectivity index (χ4n) is 1.91. The molecule has 0 unspecified atom stereocenters. The molecular weight excluding hydrogens is 200 g/mol. The van der Waals surface area contributed by atoms with Gasteiger partial charge in [-0.05, 0) is 12.5 Å². The number of nitrogens with zero attached hydrogens (tertiary/aromatic N) is 2. The minimum Gasteiger partial charge on any atom is -0.368 e. The van der Waals surface area contributed by atoms with Crippen LogP contribution in [0.15, 0.2) is 24.4 Å². The molecule has 0 atom stereocenters. The van der Waals surface area contributed by atoms with Crippen LogP contribution in [0.25, 0.3) is 0 Å². The monoisotopic (exact) mass is 222 g/mol. The Bertz CT molecular complexity index is 276. The molecule has 3 nitrogen and oxygen atoms in total. The van der Waals surface area contributed by atoms with E-state index in [-0.39, 0.29) is 5.91 Å². The van der Waals surface area contributed by atoms with E-state index in [1.165, 1.54) is 5.70 Å². The Morgan fingerprint density at radius 2 is 1.81 bits per heavy atom. The van der Waals surface area contributed by atoms with Crippen molar-refractivity contribution in [3.05, 3.63) is 24.4 Å². The van der Waals surface area contributed by atoms with Gasteiger partial charge in [-0.2, -0.15) is 0 Å². The minimum absolute atomic E-state index is 0.178. The van der Waals surface area contributed by atoms with E-state index in [0.29, 0.717) is 0 Å². The molecule has 0 saturated carbocycles. The highest BCUT2D eigenvalue weighted by Crippen LogP contribution is 2.11. The van der Waals surface area contributed by atoms with E-state index < -0.39 is 0 Å². The van der Waals surface area contributed by atoms with Crippen molar-refractivity contribution in [2.45, 2.75) is 26.7 Å². The smallest absolute Gasteiger partial charge is 0.219 e. The van der Waals surface area contributed by atoms with E-state index in [1.807, 2.05) is 11.0 Å². The van der Waals surface area contributed by atoms with Crippen molar-refractivity contribution in [3.63, 3.8) is 0 Å². The van der Waals surface area contributed by atoms with Crippen LogP contribution in [0, 0.1) is 0 Å². The van der Waals surface area contributed by atoms with Gasteiger partial charge in [0.1, 0.15) is 0 Å². The number of carbonyl (C=O) groups is 1. The highest BCUT2D eigenvalue weighted by molar-refractivity contribution is 5.73. The van der Waals surface area contributed by atoms with Gasteiger partial charge in [0.25, 0.3) is 0 Å². The highest BCUT2D eigenvalue weighted by atomic mass is 16.2. The van der Waals surface area contributed by atoms with Crippen molar-refractivity contribution >= 4 is 5.91 Å². The molecule has 1 aliphatic rings. The number of allylic oxidation sites excluding steroid dienone is 2. The summed E-state index contributed by atoms with van der Waals surface area (Å²) in [4.78, 5) is 15.4. The van der Waals surface area contributed by atoms with Gasteiger partial charge in [-0.1, -0.05) is 26.0 Å². The molecule has 16 heavy (non-hydrogen) atoms. The van der Waals surface area contributed by atoms with Gasteiger partial charge < -0.3 is 9.80 Å². The second-order valence-electron chi connectivity index (χ2n) is 4.11. The van der Waals surface area contributed by atoms with Crippen LogP contribution in [-0.4, -0.2) is 41.9 Å². The van der Waals surface area contributed by atoms with Crippen LogP contribution in [0.1, 0.15) is 26.7 Å². The van der Waals surface area contributed by atoms with Gasteiger partial charge in [-0.15, -0.1) is 0 Å². The van der Waals surface area contributed by atoms with Crippen LogP contribution in [-0.2, 0) is 4.79 Å². The molecule has 1 aliphatic heterocycles. The van der Waals surface area contributed by atoms with E-state index in [0.717, 1.165) is 39.0 Å². The largest absolute Gasteiger partial charge is 0.368 e. The van der Waals surface area contributed by atoms with Gasteiger partial charge in [0.2, 0.25) is 5.91 Å². The molecule has 0 bridgehead atoms. The molecule has 0 radical (unpaired) electrons. The second kappa shape index (κ2) is 6.36. The summed E-state index contributed by atoms with van der Waals surface area (Å²) in [5.41, 5.74) is 1.21. The fraction of sp³-hybridized carbons (Fsp3) is 0.615. The lowest BCUT2D eigenvalue weighted by Crippen LogP contribution is -2.47. The zero-order chi connectivity index (χ0) is 12.0. The van der Waals surface area contributed by atoms with Gasteiger partial charge in [0, 0.05) is 38.8 Å². The van der Waals surface area contributed by atoms with E-state index in [1.54, 1.807) is 6.92 Å². The standard InChI is InChI=1S/C13H22N2O/c1-4-6-7-13(5-2)15-10-8-14(9-11-15)12(3)16/h5,7H,2,4,6,8-11H2,1,3H3/b13-7+. The highest BCUT2D eigenvalue weighted by Gasteiger charge is 2.18. The van der Waals surface area contributed by atoms with Gasteiger partial charge in [0.05, 0.1) is 0 Å². The third-order valence-electron chi connectivity index (χ3n) is 2.94. The van der Waals surface area contributed by atoms with Gasteiger partial charge >= 0.3 is 0 Å². The topological polar surface area (TPSA) is 23.6 Å². The normalized spacial score (nSPS) is 17.5. The van der Waals surface area contributed by atoms with Gasteiger partial charge in [-0.25, -0.2) is 0 Å². The second-order valence-corrected chi connectivity index (χ2v) is 4.11. The van der Waals surface area contributed by atoms with Crippen molar-refractivity contribution in [2.24, 2.45) is 0 Å². The predicted octanol–water partition coefficient (Wildman–Crippen LogP) is 2.02. The Labute approximate surface area is 98.4 Å². The minimum atomic E-state index is 0.178. The zero-order valence-electron chi connectivity index (χ0n) is 10.4. The summed E-state index contributed by atoms with van der Waals surface area (Å²) in [5.74, 6) is 0.178. The van der Waals surface area contributed by atoms with Crippen LogP contribution in [0.4, 0.5) is 0 Å². The molecule has 0 aromatic heterocycles. The molecule has 0 aliphatic carbocycles. The number of hydrogen-bond donors (Lipinski definition) is 0. The molecule has 90 valence electrons. The van der Waals surface area contributed by atoms with Crippen LogP contribution < -0.4 is 0 Å². The number of hydrogen-bond acceptors (Lipinski definition) is 2. The summed E-state index contributed by atoms with van der Waals surface area (Å²) in [6.07, 6.45) is 6.40. The molecule has 3 heteroatoms. The number of amides is 1. The number of unbranched alkanes of at least 4 members (excludes halogenated alkanes) is 1. The molecular formula is C13H22N2O. The van der Waals surface area contributed by atoms with Crippen molar-refractivity contribution in [3.8, 4) is 0 Å². The van der Waals surface area contributed by atoms with E-state index in [2.05, 4.69) is 24.5 Å². The van der Waals surface area contributed by atoms with Crippen LogP contribution in [0.3, 0.4) is 0 Å². The predicted molar refractivity (Wildman–Crippen MR) is 67.0 cm³/mol. The first-order valence-electron chi connectivity index (χ1n) is 6.02. The average molecular weight is 222 g/mol.